The molecule has 3 rings (SSSR count). The first-order valence-electron chi connectivity index (χ1n) is 12.1. The quantitative estimate of drug-likeness (QED) is 0.143. The molecule has 0 radical (unpaired) electrons. The lowest BCUT2D eigenvalue weighted by atomic mass is 9.85. The third-order valence-corrected chi connectivity index (χ3v) is 5.41. The van der Waals surface area contributed by atoms with Crippen molar-refractivity contribution in [2.24, 2.45) is 0 Å². The third-order valence-electron chi connectivity index (χ3n) is 5.41. The molecule has 0 saturated carbocycles. The van der Waals surface area contributed by atoms with Gasteiger partial charge in [-0.1, -0.05) is 49.1 Å². The highest BCUT2D eigenvalue weighted by atomic mass is 16.7. The van der Waals surface area contributed by atoms with Crippen molar-refractivity contribution in [3.8, 4) is 17.2 Å². The van der Waals surface area contributed by atoms with Crippen molar-refractivity contribution < 1.29 is 23.7 Å². The molecule has 0 amide bonds. The summed E-state index contributed by atoms with van der Waals surface area (Å²) in [7, 11) is 0. The lowest BCUT2D eigenvalue weighted by Crippen LogP contribution is -2.16. The van der Waals surface area contributed by atoms with E-state index in [0.29, 0.717) is 19.8 Å². The van der Waals surface area contributed by atoms with Crippen LogP contribution in [0.2, 0.25) is 0 Å². The van der Waals surface area contributed by atoms with Crippen LogP contribution >= 0.6 is 0 Å². The molecule has 186 valence electrons. The molecule has 0 bridgehead atoms. The predicted octanol–water partition coefficient (Wildman–Crippen LogP) is 6.95. The highest BCUT2D eigenvalue weighted by Crippen LogP contribution is 2.35. The van der Waals surface area contributed by atoms with Crippen LogP contribution in [0.15, 0.2) is 85.5 Å². The maximum atomic E-state index is 5.85. The topological polar surface area (TPSA) is 46.2 Å². The van der Waals surface area contributed by atoms with Gasteiger partial charge in [0, 0.05) is 19.1 Å². The number of ether oxygens (including phenoxy) is 5. The van der Waals surface area contributed by atoms with Gasteiger partial charge in [0.25, 0.3) is 0 Å². The molecule has 3 aromatic carbocycles. The van der Waals surface area contributed by atoms with E-state index in [4.69, 9.17) is 23.7 Å². The molecule has 0 heterocycles. The second-order valence-corrected chi connectivity index (χ2v) is 8.02. The fourth-order valence-corrected chi connectivity index (χ4v) is 3.89. The van der Waals surface area contributed by atoms with Gasteiger partial charge in [-0.25, -0.2) is 0 Å². The van der Waals surface area contributed by atoms with Crippen molar-refractivity contribution in [1.29, 1.82) is 0 Å². The smallest absolute Gasteiger partial charge is 0.196 e. The largest absolute Gasteiger partial charge is 0.490 e. The van der Waals surface area contributed by atoms with Gasteiger partial charge >= 0.3 is 0 Å². The van der Waals surface area contributed by atoms with Gasteiger partial charge < -0.3 is 23.7 Å². The van der Waals surface area contributed by atoms with Gasteiger partial charge in [0.1, 0.15) is 23.9 Å². The Morgan fingerprint density at radius 3 is 1.34 bits per heavy atom. The second-order valence-electron chi connectivity index (χ2n) is 8.02. The van der Waals surface area contributed by atoms with Gasteiger partial charge in [0.15, 0.2) is 12.6 Å². The zero-order valence-corrected chi connectivity index (χ0v) is 21.1. The fourth-order valence-electron chi connectivity index (χ4n) is 3.89. The molecular formula is C30H36O5. The Morgan fingerprint density at radius 2 is 1.00 bits per heavy atom. The van der Waals surface area contributed by atoms with E-state index >= 15 is 0 Å². The summed E-state index contributed by atoms with van der Waals surface area (Å²) in [4.78, 5) is 0. The average Bonchev–Trinajstić information content (AvgIpc) is 2.86. The van der Waals surface area contributed by atoms with E-state index in [1.165, 1.54) is 0 Å². The first kappa shape index (κ1) is 26.3. The van der Waals surface area contributed by atoms with Crippen molar-refractivity contribution in [2.75, 3.05) is 19.8 Å². The highest BCUT2D eigenvalue weighted by Gasteiger charge is 2.18. The van der Waals surface area contributed by atoms with Crippen LogP contribution in [0.3, 0.4) is 0 Å². The van der Waals surface area contributed by atoms with Crippen LogP contribution in [0.5, 0.6) is 17.2 Å². The number of benzene rings is 3. The predicted molar refractivity (Wildman–Crippen MR) is 139 cm³/mol. The Labute approximate surface area is 209 Å². The van der Waals surface area contributed by atoms with Crippen LogP contribution in [-0.2, 0) is 9.47 Å². The minimum Gasteiger partial charge on any atom is -0.490 e. The minimum atomic E-state index is -0.295. The zero-order chi connectivity index (χ0) is 25.0. The molecular weight excluding hydrogens is 440 g/mol. The molecule has 2 atom stereocenters. The van der Waals surface area contributed by atoms with E-state index in [1.54, 1.807) is 6.08 Å². The number of hydrogen-bond acceptors (Lipinski definition) is 5. The summed E-state index contributed by atoms with van der Waals surface area (Å²) in [6.45, 7) is 13.1. The maximum absolute atomic E-state index is 5.85. The van der Waals surface area contributed by atoms with Crippen molar-refractivity contribution in [1.82, 2.24) is 0 Å². The van der Waals surface area contributed by atoms with Crippen LogP contribution in [0.1, 0.15) is 50.3 Å². The molecule has 0 aliphatic heterocycles. The normalized spacial score (nSPS) is 13.5. The van der Waals surface area contributed by atoms with Gasteiger partial charge in [-0.3, -0.25) is 0 Å². The van der Waals surface area contributed by atoms with Gasteiger partial charge in [-0.05, 0) is 80.8 Å². The van der Waals surface area contributed by atoms with E-state index in [0.717, 1.165) is 33.9 Å². The van der Waals surface area contributed by atoms with E-state index in [2.05, 4.69) is 43.0 Å². The van der Waals surface area contributed by atoms with Crippen molar-refractivity contribution >= 4 is 0 Å². The van der Waals surface area contributed by atoms with Gasteiger partial charge in [0.2, 0.25) is 0 Å². The van der Waals surface area contributed by atoms with Crippen LogP contribution in [0.4, 0.5) is 0 Å². The maximum Gasteiger partial charge on any atom is 0.196 e. The Morgan fingerprint density at radius 1 is 0.629 bits per heavy atom. The van der Waals surface area contributed by atoms with E-state index in [1.807, 2.05) is 64.1 Å². The fraction of sp³-hybridized carbons (Fsp3) is 0.333. The lowest BCUT2D eigenvalue weighted by Gasteiger charge is -2.21. The SMILES string of the molecule is C=CCOc1ccc(C(c2ccc(OC(C)OCC)cc2)c2ccc(OC(C)OCC)cc2)cc1. The molecule has 0 N–H and O–H groups in total. The van der Waals surface area contributed by atoms with Crippen molar-refractivity contribution in [3.63, 3.8) is 0 Å². The van der Waals surface area contributed by atoms with E-state index in [-0.39, 0.29) is 18.5 Å². The summed E-state index contributed by atoms with van der Waals surface area (Å²) in [6, 6.07) is 24.5. The molecule has 5 heteroatoms. The Hall–Kier alpha value is -3.28. The van der Waals surface area contributed by atoms with Crippen LogP contribution < -0.4 is 14.2 Å². The van der Waals surface area contributed by atoms with Gasteiger partial charge in [-0.15, -0.1) is 0 Å². The monoisotopic (exact) mass is 476 g/mol. The molecule has 0 aliphatic rings. The molecule has 5 nitrogen and oxygen atoms in total. The minimum absolute atomic E-state index is 0.0279. The van der Waals surface area contributed by atoms with Gasteiger partial charge in [0.05, 0.1) is 0 Å². The molecule has 0 fully saturated rings. The van der Waals surface area contributed by atoms with Crippen molar-refractivity contribution in [2.45, 2.75) is 46.2 Å². The van der Waals surface area contributed by atoms with Crippen molar-refractivity contribution in [3.05, 3.63) is 102 Å². The lowest BCUT2D eigenvalue weighted by molar-refractivity contribution is -0.0616. The Bertz CT molecular complexity index is 955. The summed E-state index contributed by atoms with van der Waals surface area (Å²) in [5.41, 5.74) is 3.46. The van der Waals surface area contributed by atoms with Crippen LogP contribution in [0.25, 0.3) is 0 Å². The van der Waals surface area contributed by atoms with Crippen LogP contribution in [0, 0.1) is 0 Å². The number of rotatable bonds is 14. The molecule has 2 unspecified atom stereocenters. The summed E-state index contributed by atoms with van der Waals surface area (Å²) in [5, 5.41) is 0. The third kappa shape index (κ3) is 7.88. The molecule has 0 spiro atoms. The highest BCUT2D eigenvalue weighted by molar-refractivity contribution is 5.46. The molecule has 0 saturated heterocycles. The number of hydrogen-bond donors (Lipinski definition) is 0. The average molecular weight is 477 g/mol. The molecule has 35 heavy (non-hydrogen) atoms. The zero-order valence-electron chi connectivity index (χ0n) is 21.1. The summed E-state index contributed by atoms with van der Waals surface area (Å²) >= 11 is 0. The van der Waals surface area contributed by atoms with Crippen LogP contribution in [-0.4, -0.2) is 32.4 Å². The first-order valence-corrected chi connectivity index (χ1v) is 12.1. The van der Waals surface area contributed by atoms with E-state index in [9.17, 15) is 0 Å². The first-order chi connectivity index (χ1) is 17.0. The molecule has 3 aromatic rings. The molecule has 0 aliphatic carbocycles. The Kier molecular flexibility index (Phi) is 10.2. The standard InChI is InChI=1S/C30H36O5/c1-6-21-33-27-15-9-24(10-16-27)30(25-11-17-28(18-12-25)34-22(4)31-7-2)26-13-19-29(20-14-26)35-23(5)32-8-3/h6,9-20,22-23,30H,1,7-8,21H2,2-5H3. The molecule has 0 aromatic heterocycles. The summed E-state index contributed by atoms with van der Waals surface area (Å²) in [6.07, 6.45) is 1.15. The Balaban J connectivity index is 1.88. The summed E-state index contributed by atoms with van der Waals surface area (Å²) in [5.74, 6) is 2.39. The second kappa shape index (κ2) is 13.6. The van der Waals surface area contributed by atoms with Gasteiger partial charge in [-0.2, -0.15) is 0 Å². The summed E-state index contributed by atoms with van der Waals surface area (Å²) < 4.78 is 28.4. The van der Waals surface area contributed by atoms with E-state index < -0.39 is 0 Å².